The second kappa shape index (κ2) is 11.1. The fourth-order valence-corrected chi connectivity index (χ4v) is 4.87. The van der Waals surface area contributed by atoms with Crippen LogP contribution in [0.25, 0.3) is 11.6 Å². The molecule has 0 bridgehead atoms. The SMILES string of the molecule is CC(C)(C)C(=O)/C(C#N)=c1\s/c(=C\c2cccc(NC(=O)c3ccc(Cl)cc3)c2)c(=O)n1Cc1ccco1. The number of hydrogen-bond donors (Lipinski definition) is 1. The van der Waals surface area contributed by atoms with Crippen LogP contribution in [0.1, 0.15) is 42.5 Å². The van der Waals surface area contributed by atoms with Crippen LogP contribution >= 0.6 is 22.9 Å². The highest BCUT2D eigenvalue weighted by Gasteiger charge is 2.27. The van der Waals surface area contributed by atoms with Crippen molar-refractivity contribution in [2.24, 2.45) is 5.41 Å². The Bertz CT molecular complexity index is 1720. The number of hydrogen-bond acceptors (Lipinski definition) is 6. The molecule has 2 aromatic heterocycles. The molecule has 7 nitrogen and oxygen atoms in total. The van der Waals surface area contributed by atoms with E-state index >= 15 is 0 Å². The Kier molecular flexibility index (Phi) is 7.81. The third-order valence-corrected chi connectivity index (χ3v) is 6.97. The van der Waals surface area contributed by atoms with Crippen LogP contribution in [0.15, 0.2) is 76.1 Å². The summed E-state index contributed by atoms with van der Waals surface area (Å²) in [5, 5.41) is 13.3. The summed E-state index contributed by atoms with van der Waals surface area (Å²) in [6.07, 6.45) is 3.17. The molecule has 0 aliphatic heterocycles. The van der Waals surface area contributed by atoms with Crippen molar-refractivity contribution in [2.45, 2.75) is 27.3 Å². The van der Waals surface area contributed by atoms with Gasteiger partial charge in [0.2, 0.25) is 0 Å². The maximum absolute atomic E-state index is 13.5. The van der Waals surface area contributed by atoms with Gasteiger partial charge in [0.15, 0.2) is 5.78 Å². The molecule has 0 spiro atoms. The van der Waals surface area contributed by atoms with E-state index in [1.54, 1.807) is 87.5 Å². The topological polar surface area (TPSA) is 105 Å². The summed E-state index contributed by atoms with van der Waals surface area (Å²) in [5.41, 5.74) is 0.422. The lowest BCUT2D eigenvalue weighted by atomic mass is 9.87. The molecule has 4 aromatic rings. The summed E-state index contributed by atoms with van der Waals surface area (Å²) in [6.45, 7) is 5.26. The summed E-state index contributed by atoms with van der Waals surface area (Å²) in [7, 11) is 0. The number of furan rings is 1. The first-order chi connectivity index (χ1) is 18.1. The maximum atomic E-state index is 13.5. The minimum absolute atomic E-state index is 0.0743. The molecule has 38 heavy (non-hydrogen) atoms. The van der Waals surface area contributed by atoms with Crippen LogP contribution < -0.4 is 20.1 Å². The molecule has 0 unspecified atom stereocenters. The van der Waals surface area contributed by atoms with Gasteiger partial charge in [-0.1, -0.05) is 44.5 Å². The van der Waals surface area contributed by atoms with Crippen LogP contribution in [-0.4, -0.2) is 16.3 Å². The van der Waals surface area contributed by atoms with Crippen molar-refractivity contribution in [1.29, 1.82) is 5.26 Å². The number of rotatable bonds is 6. The number of nitriles is 1. The van der Waals surface area contributed by atoms with Crippen LogP contribution in [0.2, 0.25) is 5.02 Å². The number of amides is 1. The van der Waals surface area contributed by atoms with Gasteiger partial charge < -0.3 is 9.73 Å². The van der Waals surface area contributed by atoms with Crippen LogP contribution in [0.4, 0.5) is 5.69 Å². The van der Waals surface area contributed by atoms with Gasteiger partial charge in [-0.3, -0.25) is 19.0 Å². The quantitative estimate of drug-likeness (QED) is 0.382. The molecule has 0 aliphatic carbocycles. The molecular formula is C29H24ClN3O4S. The second-order valence-corrected chi connectivity index (χ2v) is 11.0. The highest BCUT2D eigenvalue weighted by molar-refractivity contribution is 7.07. The van der Waals surface area contributed by atoms with E-state index in [0.29, 0.717) is 32.1 Å². The third-order valence-electron chi connectivity index (χ3n) is 5.58. The van der Waals surface area contributed by atoms with E-state index in [-0.39, 0.29) is 34.0 Å². The van der Waals surface area contributed by atoms with Crippen molar-refractivity contribution in [2.75, 3.05) is 5.32 Å². The molecule has 0 atom stereocenters. The summed E-state index contributed by atoms with van der Waals surface area (Å²) < 4.78 is 7.42. The normalized spacial score (nSPS) is 12.7. The predicted molar refractivity (Wildman–Crippen MR) is 149 cm³/mol. The summed E-state index contributed by atoms with van der Waals surface area (Å²) in [6, 6.07) is 19.0. The molecule has 1 N–H and O–H groups in total. The number of carbonyl (C=O) groups excluding carboxylic acids is 2. The number of nitrogens with zero attached hydrogens (tertiary/aromatic N) is 2. The number of aromatic nitrogens is 1. The molecule has 2 aromatic carbocycles. The first-order valence-electron chi connectivity index (χ1n) is 11.7. The highest BCUT2D eigenvalue weighted by Crippen LogP contribution is 2.20. The van der Waals surface area contributed by atoms with Crippen molar-refractivity contribution in [3.63, 3.8) is 0 Å². The van der Waals surface area contributed by atoms with Crippen molar-refractivity contribution >= 4 is 52.0 Å². The lowest BCUT2D eigenvalue weighted by Gasteiger charge is -2.15. The van der Waals surface area contributed by atoms with Gasteiger partial charge in [-0.25, -0.2) is 0 Å². The van der Waals surface area contributed by atoms with E-state index in [1.165, 1.54) is 10.8 Å². The molecule has 4 rings (SSSR count). The summed E-state index contributed by atoms with van der Waals surface area (Å²) in [5.74, 6) is -0.134. The van der Waals surface area contributed by atoms with E-state index in [2.05, 4.69) is 5.32 Å². The molecule has 192 valence electrons. The predicted octanol–water partition coefficient (Wildman–Crippen LogP) is 4.58. The second-order valence-electron chi connectivity index (χ2n) is 9.54. The average Bonchev–Trinajstić information content (AvgIpc) is 3.49. The Morgan fingerprint density at radius 1 is 1.13 bits per heavy atom. The molecule has 2 heterocycles. The molecule has 0 radical (unpaired) electrons. The third kappa shape index (κ3) is 6.02. The number of ketones is 1. The summed E-state index contributed by atoms with van der Waals surface area (Å²) >= 11 is 6.97. The van der Waals surface area contributed by atoms with Gasteiger partial charge in [-0.2, -0.15) is 5.26 Å². The number of Topliss-reactive ketones (excluding diaryl/α,β-unsaturated/α-hetero) is 1. The van der Waals surface area contributed by atoms with E-state index < -0.39 is 5.41 Å². The fourth-order valence-electron chi connectivity index (χ4n) is 3.64. The van der Waals surface area contributed by atoms with Gasteiger partial charge in [-0.05, 0) is 60.2 Å². The zero-order valence-corrected chi connectivity index (χ0v) is 22.5. The van der Waals surface area contributed by atoms with E-state index in [1.807, 2.05) is 6.07 Å². The molecule has 0 aliphatic rings. The number of nitrogens with one attached hydrogen (secondary N) is 1. The molecule has 1 amide bonds. The van der Waals surface area contributed by atoms with Gasteiger partial charge in [0.1, 0.15) is 22.1 Å². The van der Waals surface area contributed by atoms with E-state index in [9.17, 15) is 19.6 Å². The lowest BCUT2D eigenvalue weighted by molar-refractivity contribution is -0.120. The Balaban J connectivity index is 1.79. The van der Waals surface area contributed by atoms with Crippen LogP contribution in [-0.2, 0) is 11.3 Å². The number of benzene rings is 2. The van der Waals surface area contributed by atoms with Crippen molar-refractivity contribution in [3.8, 4) is 6.07 Å². The number of carbonyl (C=O) groups is 2. The smallest absolute Gasteiger partial charge is 0.269 e. The largest absolute Gasteiger partial charge is 0.467 e. The molecule has 0 saturated heterocycles. The molecule has 9 heteroatoms. The van der Waals surface area contributed by atoms with Gasteiger partial charge in [0, 0.05) is 21.7 Å². The molecular weight excluding hydrogens is 522 g/mol. The Hall–Kier alpha value is -4.19. The maximum Gasteiger partial charge on any atom is 0.269 e. The van der Waals surface area contributed by atoms with E-state index in [4.69, 9.17) is 16.0 Å². The first kappa shape index (κ1) is 26.9. The van der Waals surface area contributed by atoms with Crippen molar-refractivity contribution < 1.29 is 14.0 Å². The van der Waals surface area contributed by atoms with Crippen molar-refractivity contribution in [3.05, 3.63) is 108 Å². The number of anilines is 1. The standard InChI is InChI=1S/C29H24ClN3O4S/c1-29(2,3)25(34)23(16-31)28-33(17-22-8-5-13-37-22)27(36)24(38-28)15-18-6-4-7-21(14-18)32-26(35)19-9-11-20(30)12-10-19/h4-15H,17H2,1-3H3,(H,32,35)/b24-15-,28-23-. The van der Waals surface area contributed by atoms with Crippen LogP contribution in [0.5, 0.6) is 0 Å². The minimum Gasteiger partial charge on any atom is -0.467 e. The average molecular weight is 546 g/mol. The van der Waals surface area contributed by atoms with Gasteiger partial charge in [0.25, 0.3) is 11.5 Å². The zero-order valence-electron chi connectivity index (χ0n) is 20.9. The summed E-state index contributed by atoms with van der Waals surface area (Å²) in [4.78, 5) is 39.1. The Morgan fingerprint density at radius 2 is 1.87 bits per heavy atom. The zero-order chi connectivity index (χ0) is 27.4. The van der Waals surface area contributed by atoms with E-state index in [0.717, 1.165) is 11.3 Å². The van der Waals surface area contributed by atoms with Crippen LogP contribution in [0.3, 0.4) is 0 Å². The lowest BCUT2D eigenvalue weighted by Crippen LogP contribution is -2.34. The van der Waals surface area contributed by atoms with Crippen LogP contribution in [0, 0.1) is 16.7 Å². The monoisotopic (exact) mass is 545 g/mol. The van der Waals surface area contributed by atoms with Gasteiger partial charge in [0.05, 0.1) is 17.3 Å². The molecule has 0 saturated carbocycles. The fraction of sp³-hybridized carbons (Fsp3) is 0.172. The van der Waals surface area contributed by atoms with Crippen molar-refractivity contribution in [1.82, 2.24) is 4.57 Å². The number of thiazole rings is 1. The Labute approximate surface area is 227 Å². The molecule has 0 fully saturated rings. The van der Waals surface area contributed by atoms with Gasteiger partial charge >= 0.3 is 0 Å². The minimum atomic E-state index is -0.804. The first-order valence-corrected chi connectivity index (χ1v) is 12.9. The Morgan fingerprint density at radius 3 is 2.50 bits per heavy atom. The highest BCUT2D eigenvalue weighted by atomic mass is 35.5. The van der Waals surface area contributed by atoms with Gasteiger partial charge in [-0.15, -0.1) is 11.3 Å². The number of halogens is 1.